The van der Waals surface area contributed by atoms with Crippen molar-refractivity contribution >= 4 is 34.8 Å². The molecule has 2 amide bonds. The summed E-state index contributed by atoms with van der Waals surface area (Å²) in [5.74, 6) is -0.270. The summed E-state index contributed by atoms with van der Waals surface area (Å²) in [6.45, 7) is 1.86. The molecule has 0 fully saturated rings. The molecular weight excluding hydrogens is 320 g/mol. The lowest BCUT2D eigenvalue weighted by Crippen LogP contribution is -2.32. The molecule has 4 nitrogen and oxygen atoms in total. The first-order chi connectivity index (χ1) is 10.5. The van der Waals surface area contributed by atoms with Crippen LogP contribution >= 0.6 is 22.9 Å². The highest BCUT2D eigenvalue weighted by molar-refractivity contribution is 7.10. The Hall–Kier alpha value is -1.85. The molecule has 0 spiro atoms. The van der Waals surface area contributed by atoms with Crippen LogP contribution in [-0.4, -0.2) is 11.8 Å². The average Bonchev–Trinajstić information content (AvgIpc) is 2.98. The minimum absolute atomic E-state index is 0.118. The van der Waals surface area contributed by atoms with Gasteiger partial charge in [0, 0.05) is 23.4 Å². The molecule has 1 aromatic carbocycles. The monoisotopic (exact) mass is 336 g/mol. The molecule has 0 saturated carbocycles. The van der Waals surface area contributed by atoms with Crippen LogP contribution in [0.4, 0.5) is 0 Å². The van der Waals surface area contributed by atoms with Gasteiger partial charge in [-0.05, 0) is 29.1 Å². The molecule has 0 aliphatic rings. The van der Waals surface area contributed by atoms with Gasteiger partial charge in [-0.15, -0.1) is 11.3 Å². The molecule has 0 radical (unpaired) electrons. The predicted octanol–water partition coefficient (Wildman–Crippen LogP) is 3.29. The molecular formula is C16H17ClN2O2S. The van der Waals surface area contributed by atoms with Crippen molar-refractivity contribution in [1.29, 1.82) is 0 Å². The molecule has 116 valence electrons. The van der Waals surface area contributed by atoms with Gasteiger partial charge in [0.15, 0.2) is 0 Å². The van der Waals surface area contributed by atoms with E-state index >= 15 is 0 Å². The summed E-state index contributed by atoms with van der Waals surface area (Å²) in [4.78, 5) is 24.4. The van der Waals surface area contributed by atoms with Crippen molar-refractivity contribution in [3.63, 3.8) is 0 Å². The molecule has 2 aromatic rings. The maximum Gasteiger partial charge on any atom is 0.222 e. The van der Waals surface area contributed by atoms with Crippen LogP contribution in [0.3, 0.4) is 0 Å². The highest BCUT2D eigenvalue weighted by Crippen LogP contribution is 2.22. The van der Waals surface area contributed by atoms with Gasteiger partial charge in [0.1, 0.15) is 0 Å². The van der Waals surface area contributed by atoms with Gasteiger partial charge in [-0.3, -0.25) is 9.59 Å². The fraction of sp³-hybridized carbons (Fsp3) is 0.250. The Bertz CT molecular complexity index is 643. The first kappa shape index (κ1) is 16.5. The van der Waals surface area contributed by atoms with Crippen molar-refractivity contribution < 1.29 is 9.59 Å². The largest absolute Gasteiger partial charge is 0.352 e. The van der Waals surface area contributed by atoms with Crippen LogP contribution < -0.4 is 10.6 Å². The number of thiophene rings is 1. The zero-order valence-electron chi connectivity index (χ0n) is 12.1. The average molecular weight is 337 g/mol. The van der Waals surface area contributed by atoms with E-state index < -0.39 is 0 Å². The van der Waals surface area contributed by atoms with Gasteiger partial charge in [-0.2, -0.15) is 0 Å². The van der Waals surface area contributed by atoms with E-state index in [2.05, 4.69) is 10.6 Å². The second-order valence-electron chi connectivity index (χ2n) is 4.88. The third kappa shape index (κ3) is 5.16. The molecule has 0 aliphatic heterocycles. The maximum atomic E-state index is 12.1. The Morgan fingerprint density at radius 3 is 2.73 bits per heavy atom. The van der Waals surface area contributed by atoms with E-state index in [-0.39, 0.29) is 24.3 Å². The third-order valence-electron chi connectivity index (χ3n) is 3.03. The standard InChI is InChI=1S/C16H17ClN2O2S/c1-11(20)19-14(15-6-3-7-22-15)9-16(21)18-10-12-4-2-5-13(17)8-12/h2-8,14H,9-10H2,1H3,(H,18,21)(H,19,20)/t14-/m1/s1. The molecule has 1 heterocycles. The Morgan fingerprint density at radius 1 is 1.27 bits per heavy atom. The van der Waals surface area contributed by atoms with E-state index in [1.807, 2.05) is 35.7 Å². The lowest BCUT2D eigenvalue weighted by Gasteiger charge is -2.16. The van der Waals surface area contributed by atoms with E-state index in [4.69, 9.17) is 11.6 Å². The van der Waals surface area contributed by atoms with E-state index in [1.54, 1.807) is 6.07 Å². The zero-order valence-corrected chi connectivity index (χ0v) is 13.7. The number of rotatable bonds is 6. The fourth-order valence-electron chi connectivity index (χ4n) is 2.06. The van der Waals surface area contributed by atoms with Crippen LogP contribution in [0.15, 0.2) is 41.8 Å². The molecule has 22 heavy (non-hydrogen) atoms. The number of amides is 2. The summed E-state index contributed by atoms with van der Waals surface area (Å²) in [5.41, 5.74) is 0.938. The Labute approximate surface area is 138 Å². The second kappa shape index (κ2) is 7.96. The SMILES string of the molecule is CC(=O)N[C@H](CC(=O)NCc1cccc(Cl)c1)c1cccs1. The molecule has 0 aliphatic carbocycles. The van der Waals surface area contributed by atoms with E-state index in [0.29, 0.717) is 11.6 Å². The lowest BCUT2D eigenvalue weighted by molar-refractivity contribution is -0.122. The zero-order chi connectivity index (χ0) is 15.9. The molecule has 1 aromatic heterocycles. The van der Waals surface area contributed by atoms with Gasteiger partial charge < -0.3 is 10.6 Å². The maximum absolute atomic E-state index is 12.1. The first-order valence-corrected chi connectivity index (χ1v) is 8.12. The van der Waals surface area contributed by atoms with Gasteiger partial charge in [0.25, 0.3) is 0 Å². The Morgan fingerprint density at radius 2 is 2.09 bits per heavy atom. The van der Waals surface area contributed by atoms with E-state index in [1.165, 1.54) is 18.3 Å². The highest BCUT2D eigenvalue weighted by atomic mass is 35.5. The van der Waals surface area contributed by atoms with Crippen molar-refractivity contribution in [3.05, 3.63) is 57.2 Å². The lowest BCUT2D eigenvalue weighted by atomic mass is 10.1. The summed E-state index contributed by atoms with van der Waals surface area (Å²) < 4.78 is 0. The van der Waals surface area contributed by atoms with Crippen LogP contribution in [0, 0.1) is 0 Å². The van der Waals surface area contributed by atoms with E-state index in [0.717, 1.165) is 10.4 Å². The van der Waals surface area contributed by atoms with Gasteiger partial charge in [-0.25, -0.2) is 0 Å². The third-order valence-corrected chi connectivity index (χ3v) is 4.25. The van der Waals surface area contributed by atoms with Gasteiger partial charge in [-0.1, -0.05) is 29.8 Å². The van der Waals surface area contributed by atoms with Crippen LogP contribution in [0.2, 0.25) is 5.02 Å². The van der Waals surface area contributed by atoms with Crippen molar-refractivity contribution in [2.75, 3.05) is 0 Å². The summed E-state index contributed by atoms with van der Waals surface area (Å²) in [7, 11) is 0. The summed E-state index contributed by atoms with van der Waals surface area (Å²) >= 11 is 7.43. The quantitative estimate of drug-likeness (QED) is 0.850. The number of nitrogens with one attached hydrogen (secondary N) is 2. The topological polar surface area (TPSA) is 58.2 Å². The molecule has 6 heteroatoms. The van der Waals surface area contributed by atoms with Crippen LogP contribution in [0.5, 0.6) is 0 Å². The molecule has 2 N–H and O–H groups in total. The number of halogens is 1. The second-order valence-corrected chi connectivity index (χ2v) is 6.30. The molecule has 2 rings (SSSR count). The van der Waals surface area contributed by atoms with Gasteiger partial charge in [0.05, 0.1) is 12.5 Å². The first-order valence-electron chi connectivity index (χ1n) is 6.86. The van der Waals surface area contributed by atoms with Gasteiger partial charge >= 0.3 is 0 Å². The highest BCUT2D eigenvalue weighted by Gasteiger charge is 2.17. The smallest absolute Gasteiger partial charge is 0.222 e. The molecule has 0 bridgehead atoms. The van der Waals surface area contributed by atoms with Crippen molar-refractivity contribution in [3.8, 4) is 0 Å². The van der Waals surface area contributed by atoms with Crippen LogP contribution in [-0.2, 0) is 16.1 Å². The Kier molecular flexibility index (Phi) is 5.98. The van der Waals surface area contributed by atoms with Crippen molar-refractivity contribution in [2.24, 2.45) is 0 Å². The van der Waals surface area contributed by atoms with Gasteiger partial charge in [0.2, 0.25) is 11.8 Å². The molecule has 1 atom stereocenters. The number of carbonyl (C=O) groups excluding carboxylic acids is 2. The Balaban J connectivity index is 1.92. The predicted molar refractivity (Wildman–Crippen MR) is 88.8 cm³/mol. The van der Waals surface area contributed by atoms with E-state index in [9.17, 15) is 9.59 Å². The van der Waals surface area contributed by atoms with Crippen molar-refractivity contribution in [1.82, 2.24) is 10.6 Å². The summed E-state index contributed by atoms with van der Waals surface area (Å²) in [6.07, 6.45) is 0.209. The number of hydrogen-bond acceptors (Lipinski definition) is 3. The number of carbonyl (C=O) groups is 2. The minimum Gasteiger partial charge on any atom is -0.352 e. The molecule has 0 saturated heterocycles. The van der Waals surface area contributed by atoms with Crippen molar-refractivity contribution in [2.45, 2.75) is 25.9 Å². The minimum atomic E-state index is -0.295. The fourth-order valence-corrected chi connectivity index (χ4v) is 3.05. The summed E-state index contributed by atoms with van der Waals surface area (Å²) in [5, 5.41) is 8.22. The molecule has 0 unspecified atom stereocenters. The van der Waals surface area contributed by atoms with Crippen LogP contribution in [0.1, 0.15) is 29.8 Å². The van der Waals surface area contributed by atoms with Crippen LogP contribution in [0.25, 0.3) is 0 Å². The number of hydrogen-bond donors (Lipinski definition) is 2. The normalized spacial score (nSPS) is 11.7. The number of benzene rings is 1. The summed E-state index contributed by atoms with van der Waals surface area (Å²) in [6, 6.07) is 10.9.